The molecular formula is C6H5N5. The SMILES string of the molecule is Nc1ncc2nccnc2n1. The normalized spacial score (nSPS) is 10.2. The van der Waals surface area contributed by atoms with Gasteiger partial charge in [0.2, 0.25) is 5.95 Å². The summed E-state index contributed by atoms with van der Waals surface area (Å²) in [6.45, 7) is 0. The lowest BCUT2D eigenvalue weighted by molar-refractivity contribution is 1.16. The van der Waals surface area contributed by atoms with Crippen LogP contribution in [0.3, 0.4) is 0 Å². The van der Waals surface area contributed by atoms with Gasteiger partial charge in [0.15, 0.2) is 5.65 Å². The van der Waals surface area contributed by atoms with Crippen molar-refractivity contribution in [3.05, 3.63) is 18.6 Å². The van der Waals surface area contributed by atoms with Crippen molar-refractivity contribution in [2.45, 2.75) is 0 Å². The first-order chi connectivity index (χ1) is 5.36. The maximum absolute atomic E-state index is 5.33. The van der Waals surface area contributed by atoms with Crippen LogP contribution in [-0.2, 0) is 0 Å². The first-order valence-corrected chi connectivity index (χ1v) is 3.05. The van der Waals surface area contributed by atoms with Gasteiger partial charge < -0.3 is 5.73 Å². The third-order valence-electron chi connectivity index (χ3n) is 1.25. The number of fused-ring (bicyclic) bond motifs is 1. The predicted molar refractivity (Wildman–Crippen MR) is 39.5 cm³/mol. The van der Waals surface area contributed by atoms with Gasteiger partial charge in [0.1, 0.15) is 5.52 Å². The van der Waals surface area contributed by atoms with E-state index in [-0.39, 0.29) is 5.95 Å². The highest BCUT2D eigenvalue weighted by molar-refractivity contribution is 5.68. The van der Waals surface area contributed by atoms with E-state index in [0.29, 0.717) is 11.2 Å². The van der Waals surface area contributed by atoms with E-state index in [4.69, 9.17) is 5.73 Å². The molecule has 0 atom stereocenters. The maximum atomic E-state index is 5.33. The zero-order valence-corrected chi connectivity index (χ0v) is 5.60. The molecule has 2 aromatic heterocycles. The minimum atomic E-state index is 0.220. The van der Waals surface area contributed by atoms with E-state index < -0.39 is 0 Å². The number of nitrogens with two attached hydrogens (primary N) is 1. The van der Waals surface area contributed by atoms with E-state index in [1.54, 1.807) is 18.6 Å². The van der Waals surface area contributed by atoms with Crippen molar-refractivity contribution in [1.82, 2.24) is 19.9 Å². The van der Waals surface area contributed by atoms with Crippen LogP contribution in [0, 0.1) is 0 Å². The molecule has 54 valence electrons. The van der Waals surface area contributed by atoms with E-state index in [1.165, 1.54) is 0 Å². The van der Waals surface area contributed by atoms with Crippen LogP contribution in [0.25, 0.3) is 11.2 Å². The lowest BCUT2D eigenvalue weighted by Crippen LogP contribution is -1.95. The quantitative estimate of drug-likeness (QED) is 0.567. The van der Waals surface area contributed by atoms with Crippen molar-refractivity contribution in [1.29, 1.82) is 0 Å². The summed E-state index contributed by atoms with van der Waals surface area (Å²) in [6.07, 6.45) is 4.70. The summed E-state index contributed by atoms with van der Waals surface area (Å²) in [5.41, 5.74) is 6.52. The van der Waals surface area contributed by atoms with E-state index in [1.807, 2.05) is 0 Å². The fraction of sp³-hybridized carbons (Fsp3) is 0. The molecular weight excluding hydrogens is 142 g/mol. The van der Waals surface area contributed by atoms with Crippen LogP contribution in [0.1, 0.15) is 0 Å². The second kappa shape index (κ2) is 2.12. The Labute approximate surface area is 62.3 Å². The zero-order valence-electron chi connectivity index (χ0n) is 5.60. The van der Waals surface area contributed by atoms with Crippen LogP contribution >= 0.6 is 0 Å². The highest BCUT2D eigenvalue weighted by Gasteiger charge is 1.95. The number of rotatable bonds is 0. The number of aromatic nitrogens is 4. The van der Waals surface area contributed by atoms with Gasteiger partial charge in [0.05, 0.1) is 6.20 Å². The first-order valence-electron chi connectivity index (χ1n) is 3.05. The molecule has 0 saturated carbocycles. The molecule has 0 aromatic carbocycles. The van der Waals surface area contributed by atoms with Gasteiger partial charge in [-0.05, 0) is 0 Å². The van der Waals surface area contributed by atoms with Gasteiger partial charge >= 0.3 is 0 Å². The van der Waals surface area contributed by atoms with E-state index in [2.05, 4.69) is 19.9 Å². The van der Waals surface area contributed by atoms with Gasteiger partial charge in [-0.2, -0.15) is 4.98 Å². The lowest BCUT2D eigenvalue weighted by Gasteiger charge is -1.93. The fourth-order valence-electron chi connectivity index (χ4n) is 0.783. The van der Waals surface area contributed by atoms with Gasteiger partial charge in [0, 0.05) is 12.4 Å². The Morgan fingerprint density at radius 2 is 1.91 bits per heavy atom. The average molecular weight is 147 g/mol. The first kappa shape index (κ1) is 5.96. The Bertz CT molecular complexity index is 385. The van der Waals surface area contributed by atoms with Crippen LogP contribution in [0.5, 0.6) is 0 Å². The monoisotopic (exact) mass is 147 g/mol. The Morgan fingerprint density at radius 3 is 2.82 bits per heavy atom. The average Bonchev–Trinajstić information content (AvgIpc) is 2.04. The smallest absolute Gasteiger partial charge is 0.222 e. The molecule has 5 heteroatoms. The van der Waals surface area contributed by atoms with E-state index in [9.17, 15) is 0 Å². The van der Waals surface area contributed by atoms with Crippen LogP contribution in [0.4, 0.5) is 5.95 Å². The largest absolute Gasteiger partial charge is 0.368 e. The number of anilines is 1. The standard InChI is InChI=1S/C6H5N5/c7-6-10-3-4-5(11-6)9-2-1-8-4/h1-3H,(H2,7,9,10,11). The van der Waals surface area contributed by atoms with Crippen LogP contribution in [0.2, 0.25) is 0 Å². The molecule has 0 bridgehead atoms. The molecule has 5 nitrogen and oxygen atoms in total. The molecule has 2 aromatic rings. The summed E-state index contributed by atoms with van der Waals surface area (Å²) in [5, 5.41) is 0. The predicted octanol–water partition coefficient (Wildman–Crippen LogP) is 0.00200. The van der Waals surface area contributed by atoms with Crippen molar-refractivity contribution in [2.75, 3.05) is 5.73 Å². The third kappa shape index (κ3) is 0.958. The van der Waals surface area contributed by atoms with Crippen LogP contribution in [0.15, 0.2) is 18.6 Å². The Kier molecular flexibility index (Phi) is 1.15. The molecule has 0 aliphatic rings. The van der Waals surface area contributed by atoms with Crippen molar-refractivity contribution >= 4 is 17.1 Å². The molecule has 11 heavy (non-hydrogen) atoms. The number of hydrogen-bond acceptors (Lipinski definition) is 5. The minimum Gasteiger partial charge on any atom is -0.368 e. The lowest BCUT2D eigenvalue weighted by atomic mass is 10.5. The summed E-state index contributed by atoms with van der Waals surface area (Å²) in [6, 6.07) is 0. The molecule has 0 radical (unpaired) electrons. The summed E-state index contributed by atoms with van der Waals surface area (Å²) < 4.78 is 0. The molecule has 0 saturated heterocycles. The Morgan fingerprint density at radius 1 is 1.09 bits per heavy atom. The van der Waals surface area contributed by atoms with E-state index >= 15 is 0 Å². The third-order valence-corrected chi connectivity index (χ3v) is 1.25. The van der Waals surface area contributed by atoms with Crippen molar-refractivity contribution in [3.8, 4) is 0 Å². The molecule has 0 spiro atoms. The molecule has 0 aliphatic carbocycles. The second-order valence-electron chi connectivity index (χ2n) is 1.99. The van der Waals surface area contributed by atoms with E-state index in [0.717, 1.165) is 0 Å². The number of nitrogen functional groups attached to an aromatic ring is 1. The summed E-state index contributed by atoms with van der Waals surface area (Å²) in [7, 11) is 0. The van der Waals surface area contributed by atoms with Crippen LogP contribution < -0.4 is 5.73 Å². The number of hydrogen-bond donors (Lipinski definition) is 1. The van der Waals surface area contributed by atoms with Crippen molar-refractivity contribution < 1.29 is 0 Å². The van der Waals surface area contributed by atoms with Gasteiger partial charge in [-0.25, -0.2) is 15.0 Å². The Hall–Kier alpha value is -1.78. The Balaban J connectivity index is 2.83. The molecule has 2 rings (SSSR count). The molecule has 2 N–H and O–H groups in total. The fourth-order valence-corrected chi connectivity index (χ4v) is 0.783. The topological polar surface area (TPSA) is 77.6 Å². The maximum Gasteiger partial charge on any atom is 0.222 e. The van der Waals surface area contributed by atoms with Gasteiger partial charge in [0.25, 0.3) is 0 Å². The zero-order chi connectivity index (χ0) is 7.68. The molecule has 0 fully saturated rings. The summed E-state index contributed by atoms with van der Waals surface area (Å²) >= 11 is 0. The van der Waals surface area contributed by atoms with Crippen LogP contribution in [-0.4, -0.2) is 19.9 Å². The highest BCUT2D eigenvalue weighted by atomic mass is 15.0. The van der Waals surface area contributed by atoms with Gasteiger partial charge in [-0.3, -0.25) is 0 Å². The van der Waals surface area contributed by atoms with Crippen molar-refractivity contribution in [3.63, 3.8) is 0 Å². The second-order valence-corrected chi connectivity index (χ2v) is 1.99. The molecule has 0 aliphatic heterocycles. The molecule has 0 amide bonds. The summed E-state index contributed by atoms with van der Waals surface area (Å²) in [4.78, 5) is 15.6. The molecule has 2 heterocycles. The molecule has 0 unspecified atom stereocenters. The van der Waals surface area contributed by atoms with Gasteiger partial charge in [-0.1, -0.05) is 0 Å². The summed E-state index contributed by atoms with van der Waals surface area (Å²) in [5.74, 6) is 0.220. The minimum absolute atomic E-state index is 0.220. The highest BCUT2D eigenvalue weighted by Crippen LogP contribution is 2.02. The van der Waals surface area contributed by atoms with Crippen molar-refractivity contribution in [2.24, 2.45) is 0 Å². The number of nitrogens with zero attached hydrogens (tertiary/aromatic N) is 4. The van der Waals surface area contributed by atoms with Gasteiger partial charge in [-0.15, -0.1) is 0 Å².